The maximum absolute atomic E-state index is 14.4. The Hall–Kier alpha value is -3.20. The number of rotatable bonds is 5. The summed E-state index contributed by atoms with van der Waals surface area (Å²) in [7, 11) is 1.79. The Bertz CT molecular complexity index is 1100. The molecule has 0 spiro atoms. The highest BCUT2D eigenvalue weighted by atomic mass is 32.1. The van der Waals surface area contributed by atoms with Crippen molar-refractivity contribution in [3.63, 3.8) is 0 Å². The van der Waals surface area contributed by atoms with Crippen molar-refractivity contribution in [2.24, 2.45) is 12.0 Å². The largest absolute Gasteiger partial charge is 0.286 e. The zero-order chi connectivity index (χ0) is 19.6. The van der Waals surface area contributed by atoms with Gasteiger partial charge in [-0.15, -0.1) is 0 Å². The molecule has 3 rings (SSSR count). The molecule has 0 aliphatic heterocycles. The van der Waals surface area contributed by atoms with Crippen LogP contribution in [0.4, 0.5) is 10.1 Å². The number of aromatic nitrogens is 4. The lowest BCUT2D eigenvalue weighted by molar-refractivity contribution is 0.615. The highest BCUT2D eigenvalue weighted by molar-refractivity contribution is 7.12. The van der Waals surface area contributed by atoms with E-state index in [9.17, 15) is 4.39 Å². The molecule has 0 amide bonds. The molecule has 0 bridgehead atoms. The molecular formula is C18H18FN7S. The second kappa shape index (κ2) is 7.58. The Morgan fingerprint density at radius 1 is 1.44 bits per heavy atom. The molecule has 138 valence electrons. The lowest BCUT2D eigenvalue weighted by atomic mass is 10.0. The Balaban J connectivity index is 1.92. The summed E-state index contributed by atoms with van der Waals surface area (Å²) in [5.74, 6) is -0.457. The molecule has 0 fully saturated rings. The molecule has 0 aliphatic rings. The quantitative estimate of drug-likeness (QED) is 0.522. The van der Waals surface area contributed by atoms with E-state index in [1.54, 1.807) is 30.2 Å². The van der Waals surface area contributed by atoms with Crippen molar-refractivity contribution in [2.75, 3.05) is 0 Å². The smallest absolute Gasteiger partial charge is 0.206 e. The van der Waals surface area contributed by atoms with Crippen LogP contribution >= 0.6 is 11.3 Å². The molecule has 0 atom stereocenters. The summed E-state index contributed by atoms with van der Waals surface area (Å²) < 4.78 is 17.3. The third-order valence-corrected chi connectivity index (χ3v) is 4.73. The van der Waals surface area contributed by atoms with Gasteiger partial charge in [0.2, 0.25) is 4.80 Å². The number of nitrogens with one attached hydrogen (secondary N) is 2. The van der Waals surface area contributed by atoms with Crippen molar-refractivity contribution in [2.45, 2.75) is 13.3 Å². The summed E-state index contributed by atoms with van der Waals surface area (Å²) in [6.45, 7) is 5.32. The molecule has 0 unspecified atom stereocenters. The fraction of sp³-hybridized carbons (Fsp3) is 0.167. The van der Waals surface area contributed by atoms with Crippen molar-refractivity contribution in [1.29, 1.82) is 10.8 Å². The summed E-state index contributed by atoms with van der Waals surface area (Å²) >= 11 is 1.14. The van der Waals surface area contributed by atoms with Gasteiger partial charge in [-0.25, -0.2) is 4.39 Å². The summed E-state index contributed by atoms with van der Waals surface area (Å²) in [5, 5.41) is 25.4. The normalized spacial score (nSPS) is 11.2. The number of hydrogen-bond acceptors (Lipinski definition) is 6. The van der Waals surface area contributed by atoms with Crippen LogP contribution in [-0.2, 0) is 13.5 Å². The predicted molar refractivity (Wildman–Crippen MR) is 105 cm³/mol. The topological polar surface area (TPSA) is 95.7 Å². The van der Waals surface area contributed by atoms with Gasteiger partial charge in [-0.2, -0.15) is 14.9 Å². The predicted octanol–water partition coefficient (Wildman–Crippen LogP) is 3.40. The average Bonchev–Trinajstić information content (AvgIpc) is 3.23. The molecule has 3 aromatic rings. The van der Waals surface area contributed by atoms with E-state index in [1.165, 1.54) is 10.7 Å². The number of nitrogens with zero attached hydrogens (tertiary/aromatic N) is 5. The molecule has 7 nitrogen and oxygen atoms in total. The number of benzene rings is 1. The second-order valence-corrected chi connectivity index (χ2v) is 6.79. The molecule has 0 saturated heterocycles. The summed E-state index contributed by atoms with van der Waals surface area (Å²) in [6.07, 6.45) is 7.07. The summed E-state index contributed by atoms with van der Waals surface area (Å²) in [5.41, 5.74) is 2.28. The van der Waals surface area contributed by atoms with Crippen molar-refractivity contribution in [3.8, 4) is 10.6 Å². The Kier molecular flexibility index (Phi) is 5.22. The van der Waals surface area contributed by atoms with Crippen LogP contribution in [0.1, 0.15) is 18.1 Å². The summed E-state index contributed by atoms with van der Waals surface area (Å²) in [4.78, 5) is 3.93. The zero-order valence-electron chi connectivity index (χ0n) is 14.9. The van der Waals surface area contributed by atoms with Crippen LogP contribution in [0, 0.1) is 16.6 Å². The van der Waals surface area contributed by atoms with E-state index >= 15 is 0 Å². The van der Waals surface area contributed by atoms with Crippen LogP contribution in [0.3, 0.4) is 0 Å². The standard InChI is InChI=1S/C18H18FN7S/c1-4-5-11-6-12(14(19)8-15(11)22-2)7-16(20)26-18(21)27-17(24-26)13-9-23-25(3)10-13/h4-6,8-10,20-21H,2,7H2,1,3H3/b5-4-,20-16?,21-18?. The van der Waals surface area contributed by atoms with Crippen molar-refractivity contribution < 1.29 is 4.39 Å². The fourth-order valence-corrected chi connectivity index (χ4v) is 3.36. The second-order valence-electron chi connectivity index (χ2n) is 5.81. The van der Waals surface area contributed by atoms with E-state index in [1.807, 2.05) is 19.1 Å². The van der Waals surface area contributed by atoms with Crippen LogP contribution in [0.25, 0.3) is 16.6 Å². The lowest BCUT2D eigenvalue weighted by Gasteiger charge is -2.08. The third-order valence-electron chi connectivity index (χ3n) is 3.85. The third kappa shape index (κ3) is 3.82. The first-order valence-electron chi connectivity index (χ1n) is 8.06. The fourth-order valence-electron chi connectivity index (χ4n) is 2.59. The number of aliphatic imine (C=N–C) groups is 1. The first-order chi connectivity index (χ1) is 12.9. The molecule has 27 heavy (non-hydrogen) atoms. The Morgan fingerprint density at radius 3 is 2.85 bits per heavy atom. The summed E-state index contributed by atoms with van der Waals surface area (Å²) in [6, 6.07) is 2.95. The number of halogens is 1. The number of hydrogen-bond donors (Lipinski definition) is 2. The van der Waals surface area contributed by atoms with Crippen LogP contribution in [0.5, 0.6) is 0 Å². The van der Waals surface area contributed by atoms with Gasteiger partial charge < -0.3 is 0 Å². The molecule has 0 radical (unpaired) electrons. The van der Waals surface area contributed by atoms with E-state index < -0.39 is 5.82 Å². The number of allylic oxidation sites excluding steroid dienone is 1. The van der Waals surface area contributed by atoms with Crippen LogP contribution in [-0.4, -0.2) is 32.1 Å². The molecule has 2 N–H and O–H groups in total. The van der Waals surface area contributed by atoms with Crippen molar-refractivity contribution in [1.82, 2.24) is 19.6 Å². The Morgan fingerprint density at radius 2 is 2.22 bits per heavy atom. The van der Waals surface area contributed by atoms with Gasteiger partial charge in [0.05, 0.1) is 17.4 Å². The minimum Gasteiger partial charge on any atom is -0.286 e. The minimum absolute atomic E-state index is 0.000566. The lowest BCUT2D eigenvalue weighted by Crippen LogP contribution is -2.25. The maximum atomic E-state index is 14.4. The molecule has 1 aromatic carbocycles. The Labute approximate surface area is 159 Å². The zero-order valence-corrected chi connectivity index (χ0v) is 15.7. The van der Waals surface area contributed by atoms with Gasteiger partial charge in [0, 0.05) is 31.3 Å². The van der Waals surface area contributed by atoms with Gasteiger partial charge in [-0.3, -0.25) is 20.5 Å². The average molecular weight is 383 g/mol. The van der Waals surface area contributed by atoms with Crippen molar-refractivity contribution >= 4 is 35.7 Å². The van der Waals surface area contributed by atoms with Gasteiger partial charge in [-0.05, 0) is 25.3 Å². The SMILES string of the molecule is C=Nc1cc(F)c(CC(=N)n2nc(-c3cnn(C)c3)sc2=N)cc1/C=C\C. The molecule has 2 aromatic heterocycles. The van der Waals surface area contributed by atoms with Gasteiger partial charge in [-0.1, -0.05) is 23.5 Å². The first kappa shape index (κ1) is 18.6. The molecule has 9 heteroatoms. The highest BCUT2D eigenvalue weighted by Gasteiger charge is 2.15. The minimum atomic E-state index is -0.467. The van der Waals surface area contributed by atoms with Crippen molar-refractivity contribution in [3.05, 3.63) is 52.3 Å². The van der Waals surface area contributed by atoms with Gasteiger partial charge in [0.15, 0.2) is 5.01 Å². The maximum Gasteiger partial charge on any atom is 0.206 e. The molecule has 2 heterocycles. The molecule has 0 aliphatic carbocycles. The van der Waals surface area contributed by atoms with E-state index in [2.05, 4.69) is 21.9 Å². The van der Waals surface area contributed by atoms with Crippen LogP contribution < -0.4 is 4.80 Å². The van der Waals surface area contributed by atoms with Gasteiger partial charge >= 0.3 is 0 Å². The van der Waals surface area contributed by atoms with Gasteiger partial charge in [0.25, 0.3) is 0 Å². The first-order valence-corrected chi connectivity index (χ1v) is 8.88. The molecular weight excluding hydrogens is 365 g/mol. The van der Waals surface area contributed by atoms with Crippen LogP contribution in [0.2, 0.25) is 0 Å². The van der Waals surface area contributed by atoms with E-state index in [0.29, 0.717) is 16.3 Å². The van der Waals surface area contributed by atoms with Gasteiger partial charge in [0.1, 0.15) is 11.7 Å². The van der Waals surface area contributed by atoms with E-state index in [-0.39, 0.29) is 17.1 Å². The monoisotopic (exact) mass is 383 g/mol. The highest BCUT2D eigenvalue weighted by Crippen LogP contribution is 2.25. The van der Waals surface area contributed by atoms with Crippen LogP contribution in [0.15, 0.2) is 35.6 Å². The van der Waals surface area contributed by atoms with E-state index in [0.717, 1.165) is 22.5 Å². The molecule has 0 saturated carbocycles. The number of aryl methyl sites for hydroxylation is 1. The van der Waals surface area contributed by atoms with E-state index in [4.69, 9.17) is 10.8 Å².